The van der Waals surface area contributed by atoms with E-state index in [9.17, 15) is 13.2 Å². The van der Waals surface area contributed by atoms with Crippen molar-refractivity contribution < 1.29 is 17.6 Å². The molecule has 0 saturated carbocycles. The van der Waals surface area contributed by atoms with Gasteiger partial charge >= 0.3 is 6.18 Å². The van der Waals surface area contributed by atoms with Crippen molar-refractivity contribution in [3.63, 3.8) is 0 Å². The highest BCUT2D eigenvalue weighted by Gasteiger charge is 2.33. The maximum Gasteiger partial charge on any atom is 0.408 e. The van der Waals surface area contributed by atoms with E-state index in [1.807, 2.05) is 7.05 Å². The van der Waals surface area contributed by atoms with Gasteiger partial charge in [0.25, 0.3) is 0 Å². The van der Waals surface area contributed by atoms with Crippen LogP contribution >= 0.6 is 0 Å². The standard InChI is InChI=1S/C15H19F3N4O/c1-21-8-4-2-3-6-11(21)14-19-13(12-7-5-9-23-12)20-22(14)10-15(16,17)18/h5,7,9,11H,2-4,6,8,10H2,1H3/t11-/m0/s1. The van der Waals surface area contributed by atoms with Crippen LogP contribution in [0.15, 0.2) is 22.8 Å². The molecular weight excluding hydrogens is 309 g/mol. The number of furan rings is 1. The van der Waals surface area contributed by atoms with E-state index in [0.717, 1.165) is 36.9 Å². The molecule has 2 aromatic rings. The molecule has 0 N–H and O–H groups in total. The summed E-state index contributed by atoms with van der Waals surface area (Å²) in [6.07, 6.45) is 1.00. The van der Waals surface area contributed by atoms with Gasteiger partial charge in [-0.2, -0.15) is 13.2 Å². The van der Waals surface area contributed by atoms with Crippen LogP contribution in [0.25, 0.3) is 11.6 Å². The van der Waals surface area contributed by atoms with Gasteiger partial charge in [-0.05, 0) is 38.6 Å². The summed E-state index contributed by atoms with van der Waals surface area (Å²) in [5.41, 5.74) is 0. The van der Waals surface area contributed by atoms with Gasteiger partial charge in [0.15, 0.2) is 5.76 Å². The second kappa shape index (κ2) is 6.35. The van der Waals surface area contributed by atoms with Gasteiger partial charge < -0.3 is 4.42 Å². The van der Waals surface area contributed by atoms with E-state index in [1.165, 1.54) is 6.26 Å². The lowest BCUT2D eigenvalue weighted by molar-refractivity contribution is -0.143. The van der Waals surface area contributed by atoms with E-state index in [4.69, 9.17) is 4.42 Å². The summed E-state index contributed by atoms with van der Waals surface area (Å²) in [5.74, 6) is 0.938. The average Bonchev–Trinajstić information content (AvgIpc) is 3.06. The fraction of sp³-hybridized carbons (Fsp3) is 0.600. The van der Waals surface area contributed by atoms with Crippen LogP contribution in [-0.2, 0) is 6.54 Å². The van der Waals surface area contributed by atoms with Gasteiger partial charge in [-0.25, -0.2) is 9.67 Å². The van der Waals surface area contributed by atoms with E-state index in [0.29, 0.717) is 11.6 Å². The molecule has 1 aliphatic heterocycles. The maximum atomic E-state index is 12.9. The first-order valence-corrected chi connectivity index (χ1v) is 7.69. The Morgan fingerprint density at radius 3 is 2.83 bits per heavy atom. The molecule has 126 valence electrons. The number of aromatic nitrogens is 3. The van der Waals surface area contributed by atoms with Crippen molar-refractivity contribution in [3.8, 4) is 11.6 Å². The molecule has 0 spiro atoms. The molecule has 2 aromatic heterocycles. The second-order valence-corrected chi connectivity index (χ2v) is 5.89. The first-order valence-electron chi connectivity index (χ1n) is 7.69. The predicted octanol–water partition coefficient (Wildman–Crippen LogP) is 3.65. The number of nitrogens with zero attached hydrogens (tertiary/aromatic N) is 4. The topological polar surface area (TPSA) is 47.1 Å². The quantitative estimate of drug-likeness (QED) is 0.863. The van der Waals surface area contributed by atoms with Crippen molar-refractivity contribution in [1.82, 2.24) is 19.7 Å². The average molecular weight is 328 g/mol. The number of halogens is 3. The van der Waals surface area contributed by atoms with E-state index in [-0.39, 0.29) is 11.9 Å². The van der Waals surface area contributed by atoms with E-state index >= 15 is 0 Å². The molecule has 0 amide bonds. The van der Waals surface area contributed by atoms with Gasteiger partial charge in [0, 0.05) is 0 Å². The molecule has 0 aliphatic carbocycles. The van der Waals surface area contributed by atoms with E-state index < -0.39 is 12.7 Å². The molecule has 0 radical (unpaired) electrons. The summed E-state index contributed by atoms with van der Waals surface area (Å²) >= 11 is 0. The summed E-state index contributed by atoms with van der Waals surface area (Å²) in [6, 6.07) is 3.15. The van der Waals surface area contributed by atoms with Crippen LogP contribution < -0.4 is 0 Å². The predicted molar refractivity (Wildman–Crippen MR) is 77.6 cm³/mol. The first-order chi connectivity index (χ1) is 10.9. The summed E-state index contributed by atoms with van der Waals surface area (Å²) < 4.78 is 44.9. The number of alkyl halides is 3. The number of likely N-dealkylation sites (tertiary alicyclic amines) is 1. The Kier molecular flexibility index (Phi) is 4.43. The smallest absolute Gasteiger partial charge is 0.408 e. The van der Waals surface area contributed by atoms with Crippen LogP contribution in [-0.4, -0.2) is 39.4 Å². The molecule has 3 heterocycles. The molecule has 1 aliphatic rings. The molecule has 0 bridgehead atoms. The highest BCUT2D eigenvalue weighted by molar-refractivity contribution is 5.45. The Balaban J connectivity index is 1.98. The molecule has 1 atom stereocenters. The minimum atomic E-state index is -4.34. The zero-order chi connectivity index (χ0) is 16.4. The van der Waals surface area contributed by atoms with Crippen LogP contribution in [0.3, 0.4) is 0 Å². The third-order valence-electron chi connectivity index (χ3n) is 4.09. The van der Waals surface area contributed by atoms with E-state index in [1.54, 1.807) is 12.1 Å². The number of rotatable bonds is 3. The molecular formula is C15H19F3N4O. The second-order valence-electron chi connectivity index (χ2n) is 5.89. The third-order valence-corrected chi connectivity index (χ3v) is 4.09. The highest BCUT2D eigenvalue weighted by atomic mass is 19.4. The van der Waals surface area contributed by atoms with Crippen molar-refractivity contribution in [2.24, 2.45) is 0 Å². The molecule has 1 fully saturated rings. The lowest BCUT2D eigenvalue weighted by Gasteiger charge is -2.25. The zero-order valence-electron chi connectivity index (χ0n) is 12.9. The zero-order valence-corrected chi connectivity index (χ0v) is 12.9. The third kappa shape index (κ3) is 3.74. The van der Waals surface area contributed by atoms with Gasteiger partial charge in [-0.15, -0.1) is 5.10 Å². The van der Waals surface area contributed by atoms with Crippen molar-refractivity contribution in [2.75, 3.05) is 13.6 Å². The van der Waals surface area contributed by atoms with Crippen LogP contribution in [0.5, 0.6) is 0 Å². The largest absolute Gasteiger partial charge is 0.461 e. The first kappa shape index (κ1) is 16.0. The lowest BCUT2D eigenvalue weighted by atomic mass is 10.1. The number of hydrogen-bond donors (Lipinski definition) is 0. The Hall–Kier alpha value is -1.83. The van der Waals surface area contributed by atoms with Crippen molar-refractivity contribution in [2.45, 2.75) is 44.4 Å². The monoisotopic (exact) mass is 328 g/mol. The summed E-state index contributed by atoms with van der Waals surface area (Å²) in [7, 11) is 1.93. The number of hydrogen-bond acceptors (Lipinski definition) is 4. The molecule has 23 heavy (non-hydrogen) atoms. The van der Waals surface area contributed by atoms with Gasteiger partial charge in [0.05, 0.1) is 12.3 Å². The highest BCUT2D eigenvalue weighted by Crippen LogP contribution is 2.31. The molecule has 3 rings (SSSR count). The van der Waals surface area contributed by atoms with Gasteiger partial charge in [0.1, 0.15) is 12.4 Å². The Labute approximate surface area is 132 Å². The molecule has 1 saturated heterocycles. The summed E-state index contributed by atoms with van der Waals surface area (Å²) in [6.45, 7) is -0.292. The normalized spacial score (nSPS) is 20.6. The van der Waals surface area contributed by atoms with Crippen LogP contribution in [0.2, 0.25) is 0 Å². The van der Waals surface area contributed by atoms with Gasteiger partial charge in [-0.1, -0.05) is 12.8 Å². The summed E-state index contributed by atoms with van der Waals surface area (Å²) in [4.78, 5) is 6.43. The Bertz CT molecular complexity index is 636. The van der Waals surface area contributed by atoms with Gasteiger partial charge in [-0.3, -0.25) is 4.90 Å². The van der Waals surface area contributed by atoms with Crippen molar-refractivity contribution in [1.29, 1.82) is 0 Å². The van der Waals surface area contributed by atoms with Gasteiger partial charge in [0.2, 0.25) is 5.82 Å². The lowest BCUT2D eigenvalue weighted by Crippen LogP contribution is -2.29. The molecule has 0 aromatic carbocycles. The van der Waals surface area contributed by atoms with Crippen molar-refractivity contribution >= 4 is 0 Å². The minimum absolute atomic E-state index is 0.156. The summed E-state index contributed by atoms with van der Waals surface area (Å²) in [5, 5.41) is 4.04. The fourth-order valence-corrected chi connectivity index (χ4v) is 2.98. The minimum Gasteiger partial charge on any atom is -0.461 e. The Morgan fingerprint density at radius 2 is 2.13 bits per heavy atom. The molecule has 0 unspecified atom stereocenters. The Morgan fingerprint density at radius 1 is 1.30 bits per heavy atom. The SMILES string of the molecule is CN1CCCCC[C@H]1c1nc(-c2ccco2)nn1CC(F)(F)F. The fourth-order valence-electron chi connectivity index (χ4n) is 2.98. The van der Waals surface area contributed by atoms with Crippen LogP contribution in [0, 0.1) is 0 Å². The van der Waals surface area contributed by atoms with Crippen LogP contribution in [0.4, 0.5) is 13.2 Å². The molecule has 8 heteroatoms. The van der Waals surface area contributed by atoms with Crippen molar-refractivity contribution in [3.05, 3.63) is 24.2 Å². The maximum absolute atomic E-state index is 12.9. The van der Waals surface area contributed by atoms with Crippen LogP contribution in [0.1, 0.15) is 37.5 Å². The van der Waals surface area contributed by atoms with E-state index in [2.05, 4.69) is 15.0 Å². The molecule has 5 nitrogen and oxygen atoms in total.